The lowest BCUT2D eigenvalue weighted by atomic mass is 9.98. The summed E-state index contributed by atoms with van der Waals surface area (Å²) in [5.41, 5.74) is 1.84. The van der Waals surface area contributed by atoms with E-state index in [1.165, 1.54) is 0 Å². The van der Waals surface area contributed by atoms with Gasteiger partial charge >= 0.3 is 6.03 Å². The number of nitrogens with one attached hydrogen (secondary N) is 2. The summed E-state index contributed by atoms with van der Waals surface area (Å²) in [5.74, 6) is 0. The molecule has 3 rings (SSSR count). The molecule has 0 saturated carbocycles. The van der Waals surface area contributed by atoms with E-state index in [2.05, 4.69) is 20.5 Å². The summed E-state index contributed by atoms with van der Waals surface area (Å²) in [7, 11) is 0. The van der Waals surface area contributed by atoms with Crippen molar-refractivity contribution in [3.05, 3.63) is 47.0 Å². The molecule has 2 N–H and O–H groups in total. The Bertz CT molecular complexity index is 613. The Morgan fingerprint density at radius 3 is 3.05 bits per heavy atom. The van der Waals surface area contributed by atoms with E-state index in [9.17, 15) is 4.79 Å². The van der Waals surface area contributed by atoms with Crippen LogP contribution in [0.1, 0.15) is 36.6 Å². The molecule has 0 aliphatic carbocycles. The minimum Gasteiger partial charge on any atom is -0.332 e. The van der Waals surface area contributed by atoms with Gasteiger partial charge in [-0.25, -0.2) is 4.79 Å². The van der Waals surface area contributed by atoms with E-state index in [1.54, 1.807) is 18.5 Å². The molecule has 116 valence electrons. The molecule has 0 aromatic carbocycles. The first kappa shape index (κ1) is 14.8. The smallest absolute Gasteiger partial charge is 0.318 e. The lowest BCUT2D eigenvalue weighted by Gasteiger charge is -2.35. The Hall–Kier alpha value is -2.08. The number of urea groups is 1. The molecule has 1 unspecified atom stereocenters. The van der Waals surface area contributed by atoms with Gasteiger partial charge in [0.15, 0.2) is 0 Å². The number of halogens is 1. The highest BCUT2D eigenvalue weighted by Gasteiger charge is 2.28. The first-order chi connectivity index (χ1) is 10.7. The molecule has 2 amide bonds. The predicted octanol–water partition coefficient (Wildman–Crippen LogP) is 2.89. The monoisotopic (exact) mass is 319 g/mol. The second-order valence-electron chi connectivity index (χ2n) is 5.36. The van der Waals surface area contributed by atoms with Crippen LogP contribution in [0.4, 0.5) is 4.79 Å². The molecule has 0 bridgehead atoms. The summed E-state index contributed by atoms with van der Waals surface area (Å²) in [4.78, 5) is 18.5. The highest BCUT2D eigenvalue weighted by Crippen LogP contribution is 2.30. The third-order valence-electron chi connectivity index (χ3n) is 3.88. The van der Waals surface area contributed by atoms with Crippen LogP contribution in [0.3, 0.4) is 0 Å². The second-order valence-corrected chi connectivity index (χ2v) is 5.80. The fraction of sp³-hybridized carbons (Fsp3) is 0.400. The van der Waals surface area contributed by atoms with E-state index in [1.807, 2.05) is 17.2 Å². The SMILES string of the molecule is O=C(NCc1ccc(Cl)cn1)N1CCCCC1c1cn[nH]c1. The van der Waals surface area contributed by atoms with Crippen molar-refractivity contribution in [3.8, 4) is 0 Å². The maximum atomic E-state index is 12.5. The van der Waals surface area contributed by atoms with E-state index in [4.69, 9.17) is 11.6 Å². The maximum Gasteiger partial charge on any atom is 0.318 e. The van der Waals surface area contributed by atoms with Crippen molar-refractivity contribution in [3.63, 3.8) is 0 Å². The first-order valence-corrected chi connectivity index (χ1v) is 7.75. The van der Waals surface area contributed by atoms with Gasteiger partial charge in [0.25, 0.3) is 0 Å². The molecule has 0 spiro atoms. The van der Waals surface area contributed by atoms with Gasteiger partial charge in [-0.2, -0.15) is 5.10 Å². The van der Waals surface area contributed by atoms with Gasteiger partial charge in [0.1, 0.15) is 0 Å². The highest BCUT2D eigenvalue weighted by atomic mass is 35.5. The molecular weight excluding hydrogens is 302 g/mol. The summed E-state index contributed by atoms with van der Waals surface area (Å²) in [6.07, 6.45) is 8.34. The number of aromatic nitrogens is 3. The summed E-state index contributed by atoms with van der Waals surface area (Å²) >= 11 is 5.81. The lowest BCUT2D eigenvalue weighted by Crippen LogP contribution is -2.44. The summed E-state index contributed by atoms with van der Waals surface area (Å²) < 4.78 is 0. The number of amides is 2. The van der Waals surface area contributed by atoms with Gasteiger partial charge in [-0.15, -0.1) is 0 Å². The average molecular weight is 320 g/mol. The molecule has 3 heterocycles. The number of aromatic amines is 1. The van der Waals surface area contributed by atoms with E-state index in [0.29, 0.717) is 11.6 Å². The van der Waals surface area contributed by atoms with Gasteiger partial charge in [-0.05, 0) is 31.4 Å². The number of hydrogen-bond acceptors (Lipinski definition) is 3. The Kier molecular flexibility index (Phi) is 4.58. The normalized spacial score (nSPS) is 18.2. The summed E-state index contributed by atoms with van der Waals surface area (Å²) in [5, 5.41) is 10.3. The van der Waals surface area contributed by atoms with Crippen molar-refractivity contribution in [1.29, 1.82) is 0 Å². The number of nitrogens with zero attached hydrogens (tertiary/aromatic N) is 3. The largest absolute Gasteiger partial charge is 0.332 e. The van der Waals surface area contributed by atoms with Crippen LogP contribution in [0.2, 0.25) is 5.02 Å². The molecule has 2 aromatic heterocycles. The Morgan fingerprint density at radius 1 is 1.41 bits per heavy atom. The number of likely N-dealkylation sites (tertiary alicyclic amines) is 1. The van der Waals surface area contributed by atoms with Gasteiger partial charge in [-0.1, -0.05) is 11.6 Å². The Labute approximate surface area is 133 Å². The number of rotatable bonds is 3. The zero-order valence-corrected chi connectivity index (χ0v) is 12.9. The molecular formula is C15H18ClN5O. The molecule has 1 fully saturated rings. The third kappa shape index (κ3) is 3.39. The van der Waals surface area contributed by atoms with Gasteiger partial charge in [0.2, 0.25) is 0 Å². The summed E-state index contributed by atoms with van der Waals surface area (Å²) in [6.45, 7) is 1.15. The van der Waals surface area contributed by atoms with Crippen molar-refractivity contribution < 1.29 is 4.79 Å². The van der Waals surface area contributed by atoms with Crippen LogP contribution in [0.5, 0.6) is 0 Å². The minimum absolute atomic E-state index is 0.0670. The van der Waals surface area contributed by atoms with E-state index >= 15 is 0 Å². The van der Waals surface area contributed by atoms with Crippen LogP contribution in [-0.2, 0) is 6.54 Å². The van der Waals surface area contributed by atoms with Crippen LogP contribution >= 0.6 is 11.6 Å². The van der Waals surface area contributed by atoms with Crippen LogP contribution in [-0.4, -0.2) is 32.7 Å². The van der Waals surface area contributed by atoms with Crippen molar-refractivity contribution in [2.24, 2.45) is 0 Å². The highest BCUT2D eigenvalue weighted by molar-refractivity contribution is 6.30. The van der Waals surface area contributed by atoms with E-state index in [0.717, 1.165) is 37.1 Å². The Balaban J connectivity index is 1.63. The number of piperidine rings is 1. The van der Waals surface area contributed by atoms with Crippen LogP contribution < -0.4 is 5.32 Å². The zero-order chi connectivity index (χ0) is 15.4. The van der Waals surface area contributed by atoms with Crippen LogP contribution in [0.25, 0.3) is 0 Å². The molecule has 22 heavy (non-hydrogen) atoms. The molecule has 1 aliphatic heterocycles. The minimum atomic E-state index is -0.0670. The standard InChI is InChI=1S/C15H18ClN5O/c16-12-4-5-13(17-9-12)10-18-15(22)21-6-2-1-3-14(21)11-7-19-20-8-11/h4-5,7-9,14H,1-3,6,10H2,(H,18,22)(H,19,20). The van der Waals surface area contributed by atoms with Gasteiger partial charge in [0.05, 0.1) is 29.5 Å². The molecule has 0 radical (unpaired) electrons. The Morgan fingerprint density at radius 2 is 2.32 bits per heavy atom. The molecule has 1 saturated heterocycles. The van der Waals surface area contributed by atoms with Crippen LogP contribution in [0, 0.1) is 0 Å². The topological polar surface area (TPSA) is 73.9 Å². The second kappa shape index (κ2) is 6.79. The van der Waals surface area contributed by atoms with Crippen LogP contribution in [0.15, 0.2) is 30.7 Å². The lowest BCUT2D eigenvalue weighted by molar-refractivity contribution is 0.151. The van der Waals surface area contributed by atoms with Gasteiger partial charge < -0.3 is 10.2 Å². The number of H-pyrrole nitrogens is 1. The fourth-order valence-electron chi connectivity index (χ4n) is 2.74. The third-order valence-corrected chi connectivity index (χ3v) is 4.10. The number of pyridine rings is 1. The number of carbonyl (C=O) groups is 1. The predicted molar refractivity (Wildman–Crippen MR) is 83.4 cm³/mol. The molecule has 6 nitrogen and oxygen atoms in total. The number of hydrogen-bond donors (Lipinski definition) is 2. The van der Waals surface area contributed by atoms with E-state index < -0.39 is 0 Å². The molecule has 7 heteroatoms. The van der Waals surface area contributed by atoms with E-state index in [-0.39, 0.29) is 12.1 Å². The fourth-order valence-corrected chi connectivity index (χ4v) is 2.85. The van der Waals surface area contributed by atoms with Crippen molar-refractivity contribution in [2.75, 3.05) is 6.54 Å². The first-order valence-electron chi connectivity index (χ1n) is 7.37. The molecule has 1 aliphatic rings. The number of carbonyl (C=O) groups excluding carboxylic acids is 1. The molecule has 1 atom stereocenters. The zero-order valence-electron chi connectivity index (χ0n) is 12.1. The van der Waals surface area contributed by atoms with Gasteiger partial charge in [0, 0.05) is 24.5 Å². The van der Waals surface area contributed by atoms with Crippen molar-refractivity contribution in [2.45, 2.75) is 31.8 Å². The van der Waals surface area contributed by atoms with Crippen molar-refractivity contribution in [1.82, 2.24) is 25.4 Å². The summed E-state index contributed by atoms with van der Waals surface area (Å²) in [6, 6.07) is 3.60. The molecule has 2 aromatic rings. The van der Waals surface area contributed by atoms with Crippen molar-refractivity contribution >= 4 is 17.6 Å². The average Bonchev–Trinajstić information content (AvgIpc) is 3.08. The maximum absolute atomic E-state index is 12.5. The quantitative estimate of drug-likeness (QED) is 0.913. The van der Waals surface area contributed by atoms with Gasteiger partial charge in [-0.3, -0.25) is 10.1 Å².